The molecule has 1 aliphatic rings. The highest BCUT2D eigenvalue weighted by Crippen LogP contribution is 2.20. The van der Waals surface area contributed by atoms with E-state index in [1.54, 1.807) is 0 Å². The van der Waals surface area contributed by atoms with Gasteiger partial charge in [0, 0.05) is 24.3 Å². The molecule has 0 saturated carbocycles. The highest BCUT2D eigenvalue weighted by atomic mass is 16.2. The number of carbonyl (C=O) groups is 1. The molecule has 4 heteroatoms. The normalized spacial score (nSPS) is 15.3. The zero-order valence-corrected chi connectivity index (χ0v) is 12.8. The quantitative estimate of drug-likeness (QED) is 0.779. The minimum Gasteiger partial charge on any atom is -0.325 e. The summed E-state index contributed by atoms with van der Waals surface area (Å²) >= 11 is 0. The van der Waals surface area contributed by atoms with Crippen LogP contribution in [-0.2, 0) is 0 Å². The van der Waals surface area contributed by atoms with Gasteiger partial charge in [0.05, 0.1) is 6.54 Å². The van der Waals surface area contributed by atoms with Crippen molar-refractivity contribution in [2.75, 3.05) is 25.0 Å². The third-order valence-electron chi connectivity index (χ3n) is 3.88. The molecule has 2 amide bonds. The lowest BCUT2D eigenvalue weighted by atomic mass is 10.00. The lowest BCUT2D eigenvalue weighted by molar-refractivity contribution is 0.186. The highest BCUT2D eigenvalue weighted by Gasteiger charge is 2.20. The molecule has 1 saturated heterocycles. The van der Waals surface area contributed by atoms with Gasteiger partial charge in [-0.15, -0.1) is 0 Å². The Hall–Kier alpha value is -1.99. The summed E-state index contributed by atoms with van der Waals surface area (Å²) in [6, 6.07) is 5.79. The standard InChI is InChI=1S/C17H23N3O/c1-13-7-10-20(11-8-13)17(21)19-16-12-15(4-3-9-18)6-5-14(16)2/h5-6,12-13H,7-11,18H2,1-2H3,(H,19,21). The van der Waals surface area contributed by atoms with Gasteiger partial charge in [-0.05, 0) is 43.4 Å². The van der Waals surface area contributed by atoms with E-state index in [0.717, 1.165) is 42.7 Å². The van der Waals surface area contributed by atoms with Gasteiger partial charge < -0.3 is 16.0 Å². The number of amides is 2. The van der Waals surface area contributed by atoms with Crippen LogP contribution in [0.4, 0.5) is 10.5 Å². The molecule has 0 spiro atoms. The number of nitrogens with zero attached hydrogens (tertiary/aromatic N) is 1. The van der Waals surface area contributed by atoms with Gasteiger partial charge in [-0.3, -0.25) is 0 Å². The molecule has 0 aliphatic carbocycles. The van der Waals surface area contributed by atoms with E-state index in [0.29, 0.717) is 12.5 Å². The van der Waals surface area contributed by atoms with Gasteiger partial charge in [-0.2, -0.15) is 0 Å². The van der Waals surface area contributed by atoms with Crippen molar-refractivity contribution in [3.63, 3.8) is 0 Å². The first-order valence-electron chi connectivity index (χ1n) is 7.45. The number of hydrogen-bond acceptors (Lipinski definition) is 2. The van der Waals surface area contributed by atoms with Crippen LogP contribution < -0.4 is 11.1 Å². The number of urea groups is 1. The van der Waals surface area contributed by atoms with Crippen LogP contribution >= 0.6 is 0 Å². The molecule has 0 radical (unpaired) electrons. The van der Waals surface area contributed by atoms with E-state index in [9.17, 15) is 4.79 Å². The van der Waals surface area contributed by atoms with Crippen LogP contribution in [0.5, 0.6) is 0 Å². The molecule has 1 aromatic carbocycles. The van der Waals surface area contributed by atoms with Crippen molar-refractivity contribution in [2.45, 2.75) is 26.7 Å². The van der Waals surface area contributed by atoms with Crippen LogP contribution in [-0.4, -0.2) is 30.6 Å². The first kappa shape index (κ1) is 15.4. The smallest absolute Gasteiger partial charge is 0.321 e. The van der Waals surface area contributed by atoms with Gasteiger partial charge in [0.15, 0.2) is 0 Å². The van der Waals surface area contributed by atoms with Crippen molar-refractivity contribution in [2.24, 2.45) is 11.7 Å². The molecule has 1 fully saturated rings. The SMILES string of the molecule is Cc1ccc(C#CCN)cc1NC(=O)N1CCC(C)CC1. The first-order chi connectivity index (χ1) is 10.1. The largest absolute Gasteiger partial charge is 0.325 e. The van der Waals surface area contributed by atoms with Gasteiger partial charge in [-0.25, -0.2) is 4.79 Å². The molecular weight excluding hydrogens is 262 g/mol. The number of nitrogens with two attached hydrogens (primary N) is 1. The summed E-state index contributed by atoms with van der Waals surface area (Å²) in [6.07, 6.45) is 2.16. The molecule has 0 atom stereocenters. The second kappa shape index (κ2) is 7.14. The maximum Gasteiger partial charge on any atom is 0.321 e. The Morgan fingerprint density at radius 1 is 1.43 bits per heavy atom. The van der Waals surface area contributed by atoms with E-state index in [1.165, 1.54) is 0 Å². The molecular formula is C17H23N3O. The predicted molar refractivity (Wildman–Crippen MR) is 86.1 cm³/mol. The van der Waals surface area contributed by atoms with Crippen LogP contribution in [0.15, 0.2) is 18.2 Å². The number of carbonyl (C=O) groups excluding carboxylic acids is 1. The van der Waals surface area contributed by atoms with Gasteiger partial charge in [0.1, 0.15) is 0 Å². The Morgan fingerprint density at radius 3 is 2.81 bits per heavy atom. The molecule has 0 aromatic heterocycles. The van der Waals surface area contributed by atoms with Crippen LogP contribution in [0.1, 0.15) is 30.9 Å². The van der Waals surface area contributed by atoms with E-state index >= 15 is 0 Å². The van der Waals surface area contributed by atoms with Crippen LogP contribution in [0.3, 0.4) is 0 Å². The number of benzene rings is 1. The minimum absolute atomic E-state index is 0.0195. The summed E-state index contributed by atoms with van der Waals surface area (Å²) in [6.45, 7) is 6.21. The zero-order chi connectivity index (χ0) is 15.2. The third kappa shape index (κ3) is 4.24. The Kier molecular flexibility index (Phi) is 5.24. The molecule has 2 rings (SSSR count). The highest BCUT2D eigenvalue weighted by molar-refractivity contribution is 5.90. The molecule has 1 aromatic rings. The number of rotatable bonds is 1. The Balaban J connectivity index is 2.06. The van der Waals surface area contributed by atoms with Crippen molar-refractivity contribution in [1.82, 2.24) is 4.90 Å². The minimum atomic E-state index is -0.0195. The second-order valence-electron chi connectivity index (χ2n) is 5.64. The van der Waals surface area contributed by atoms with Gasteiger partial charge in [0.2, 0.25) is 0 Å². The average molecular weight is 285 g/mol. The number of likely N-dealkylation sites (tertiary alicyclic amines) is 1. The van der Waals surface area contributed by atoms with Gasteiger partial charge in [0.25, 0.3) is 0 Å². The summed E-state index contributed by atoms with van der Waals surface area (Å²) < 4.78 is 0. The number of aryl methyl sites for hydroxylation is 1. The van der Waals surface area contributed by atoms with Crippen molar-refractivity contribution in [3.8, 4) is 11.8 Å². The Bertz CT molecular complexity index is 563. The van der Waals surface area contributed by atoms with Crippen molar-refractivity contribution >= 4 is 11.7 Å². The van der Waals surface area contributed by atoms with Crippen molar-refractivity contribution in [3.05, 3.63) is 29.3 Å². The summed E-state index contributed by atoms with van der Waals surface area (Å²) in [5.41, 5.74) is 8.11. The first-order valence-corrected chi connectivity index (χ1v) is 7.45. The number of nitrogens with one attached hydrogen (secondary N) is 1. The monoisotopic (exact) mass is 285 g/mol. The zero-order valence-electron chi connectivity index (χ0n) is 12.8. The lowest BCUT2D eigenvalue weighted by Crippen LogP contribution is -2.40. The molecule has 0 bridgehead atoms. The van der Waals surface area contributed by atoms with Crippen LogP contribution in [0, 0.1) is 24.7 Å². The molecule has 1 aliphatic heterocycles. The van der Waals surface area contributed by atoms with E-state index in [1.807, 2.05) is 30.0 Å². The second-order valence-corrected chi connectivity index (χ2v) is 5.64. The third-order valence-corrected chi connectivity index (χ3v) is 3.88. The molecule has 112 valence electrons. The Morgan fingerprint density at radius 2 is 2.14 bits per heavy atom. The summed E-state index contributed by atoms with van der Waals surface area (Å²) in [7, 11) is 0. The fourth-order valence-corrected chi connectivity index (χ4v) is 2.39. The van der Waals surface area contributed by atoms with Crippen molar-refractivity contribution in [1.29, 1.82) is 0 Å². The number of piperidine rings is 1. The molecule has 4 nitrogen and oxygen atoms in total. The van der Waals surface area contributed by atoms with Crippen molar-refractivity contribution < 1.29 is 4.79 Å². The topological polar surface area (TPSA) is 58.4 Å². The van der Waals surface area contributed by atoms with E-state index < -0.39 is 0 Å². The predicted octanol–water partition coefficient (Wildman–Crippen LogP) is 2.57. The maximum absolute atomic E-state index is 12.3. The lowest BCUT2D eigenvalue weighted by Gasteiger charge is -2.30. The van der Waals surface area contributed by atoms with E-state index in [-0.39, 0.29) is 6.03 Å². The molecule has 21 heavy (non-hydrogen) atoms. The Labute approximate surface area is 126 Å². The van der Waals surface area contributed by atoms with Crippen LogP contribution in [0.25, 0.3) is 0 Å². The number of anilines is 1. The summed E-state index contributed by atoms with van der Waals surface area (Å²) in [4.78, 5) is 14.2. The summed E-state index contributed by atoms with van der Waals surface area (Å²) in [5, 5.41) is 3.00. The number of hydrogen-bond donors (Lipinski definition) is 2. The fourth-order valence-electron chi connectivity index (χ4n) is 2.39. The summed E-state index contributed by atoms with van der Waals surface area (Å²) in [5.74, 6) is 6.53. The maximum atomic E-state index is 12.3. The van der Waals surface area contributed by atoms with E-state index in [2.05, 4.69) is 24.1 Å². The van der Waals surface area contributed by atoms with E-state index in [4.69, 9.17) is 5.73 Å². The average Bonchev–Trinajstić information content (AvgIpc) is 2.48. The fraction of sp³-hybridized carbons (Fsp3) is 0.471. The van der Waals surface area contributed by atoms with Gasteiger partial charge in [-0.1, -0.05) is 24.8 Å². The van der Waals surface area contributed by atoms with Gasteiger partial charge >= 0.3 is 6.03 Å². The van der Waals surface area contributed by atoms with Crippen LogP contribution in [0.2, 0.25) is 0 Å². The molecule has 3 N–H and O–H groups in total. The molecule has 1 heterocycles. The molecule has 0 unspecified atom stereocenters.